The summed E-state index contributed by atoms with van der Waals surface area (Å²) < 4.78 is 16.9. The molecule has 0 saturated carbocycles. The topological polar surface area (TPSA) is 78.9 Å². The van der Waals surface area contributed by atoms with E-state index in [1.54, 1.807) is 0 Å². The number of carbonyl (C=O) groups is 3. The molecule has 0 saturated heterocycles. The highest BCUT2D eigenvalue weighted by Crippen LogP contribution is 2.18. The Morgan fingerprint density at radius 2 is 0.500 bits per heavy atom. The number of hydrogen-bond acceptors (Lipinski definition) is 6. The molecule has 6 nitrogen and oxygen atoms in total. The highest BCUT2D eigenvalue weighted by Gasteiger charge is 2.19. The van der Waals surface area contributed by atoms with Gasteiger partial charge in [0.15, 0.2) is 6.10 Å². The van der Waals surface area contributed by atoms with Crippen molar-refractivity contribution in [3.05, 3.63) is 24.3 Å². The van der Waals surface area contributed by atoms with Crippen molar-refractivity contribution in [1.29, 1.82) is 0 Å². The van der Waals surface area contributed by atoms with Crippen LogP contribution in [0.15, 0.2) is 24.3 Å². The molecule has 0 aromatic rings. The lowest BCUT2D eigenvalue weighted by Gasteiger charge is -2.18. The van der Waals surface area contributed by atoms with Gasteiger partial charge in [-0.3, -0.25) is 14.4 Å². The minimum absolute atomic E-state index is 0.0700. The first-order valence-electron chi connectivity index (χ1n) is 31.3. The van der Waals surface area contributed by atoms with Crippen LogP contribution >= 0.6 is 0 Å². The van der Waals surface area contributed by atoms with Gasteiger partial charge in [0.05, 0.1) is 0 Å². The van der Waals surface area contributed by atoms with Gasteiger partial charge in [-0.15, -0.1) is 0 Å². The molecular formula is C64H120O6. The summed E-state index contributed by atoms with van der Waals surface area (Å²) >= 11 is 0. The average Bonchev–Trinajstić information content (AvgIpc) is 3.36. The summed E-state index contributed by atoms with van der Waals surface area (Å²) in [5, 5.41) is 0. The van der Waals surface area contributed by atoms with Crippen LogP contribution < -0.4 is 0 Å². The van der Waals surface area contributed by atoms with Crippen molar-refractivity contribution in [3.63, 3.8) is 0 Å². The van der Waals surface area contributed by atoms with Gasteiger partial charge in [-0.05, 0) is 64.2 Å². The first-order chi connectivity index (χ1) is 34.5. The fourth-order valence-electron chi connectivity index (χ4n) is 9.44. The molecule has 0 fully saturated rings. The van der Waals surface area contributed by atoms with E-state index < -0.39 is 6.10 Å². The molecule has 0 rings (SSSR count). The highest BCUT2D eigenvalue weighted by atomic mass is 16.6. The van der Waals surface area contributed by atoms with Crippen molar-refractivity contribution in [3.8, 4) is 0 Å². The van der Waals surface area contributed by atoms with Gasteiger partial charge in [0.25, 0.3) is 0 Å². The zero-order valence-electron chi connectivity index (χ0n) is 47.3. The number of esters is 3. The Morgan fingerprint density at radius 3 is 0.771 bits per heavy atom. The maximum absolute atomic E-state index is 12.9. The van der Waals surface area contributed by atoms with Crippen molar-refractivity contribution in [2.24, 2.45) is 0 Å². The predicted molar refractivity (Wildman–Crippen MR) is 303 cm³/mol. The zero-order valence-corrected chi connectivity index (χ0v) is 47.3. The molecule has 1 unspecified atom stereocenters. The van der Waals surface area contributed by atoms with Crippen molar-refractivity contribution < 1.29 is 28.6 Å². The Bertz CT molecular complexity index is 1130. The van der Waals surface area contributed by atoms with Crippen molar-refractivity contribution in [2.45, 2.75) is 354 Å². The lowest BCUT2D eigenvalue weighted by atomic mass is 10.0. The number of allylic oxidation sites excluding steroid dienone is 4. The summed E-state index contributed by atoms with van der Waals surface area (Å²) in [6.07, 6.45) is 70.5. The molecule has 0 radical (unpaired) electrons. The van der Waals surface area contributed by atoms with Gasteiger partial charge >= 0.3 is 17.9 Å². The average molecular weight is 986 g/mol. The highest BCUT2D eigenvalue weighted by molar-refractivity contribution is 5.71. The minimum Gasteiger partial charge on any atom is -0.462 e. The lowest BCUT2D eigenvalue weighted by molar-refractivity contribution is -0.167. The molecular weight excluding hydrogens is 865 g/mol. The van der Waals surface area contributed by atoms with E-state index in [1.807, 2.05) is 0 Å². The molecule has 0 bridgehead atoms. The van der Waals surface area contributed by atoms with E-state index >= 15 is 0 Å². The second-order valence-electron chi connectivity index (χ2n) is 21.3. The first-order valence-corrected chi connectivity index (χ1v) is 31.3. The van der Waals surface area contributed by atoms with Crippen LogP contribution in [0, 0.1) is 0 Å². The van der Waals surface area contributed by atoms with Crippen LogP contribution in [0.4, 0.5) is 0 Å². The molecule has 0 amide bonds. The fraction of sp³-hybridized carbons (Fsp3) is 0.891. The number of hydrogen-bond donors (Lipinski definition) is 0. The summed E-state index contributed by atoms with van der Waals surface area (Å²) in [7, 11) is 0. The van der Waals surface area contributed by atoms with Crippen LogP contribution in [-0.2, 0) is 28.6 Å². The second kappa shape index (κ2) is 59.5. The van der Waals surface area contributed by atoms with Gasteiger partial charge in [-0.2, -0.15) is 0 Å². The van der Waals surface area contributed by atoms with Gasteiger partial charge in [0, 0.05) is 19.3 Å². The molecule has 0 aromatic carbocycles. The monoisotopic (exact) mass is 985 g/mol. The minimum atomic E-state index is -0.772. The normalized spacial score (nSPS) is 12.1. The maximum atomic E-state index is 12.9. The Balaban J connectivity index is 4.19. The van der Waals surface area contributed by atoms with Gasteiger partial charge in [0.1, 0.15) is 13.2 Å². The molecule has 6 heteroatoms. The van der Waals surface area contributed by atoms with E-state index in [9.17, 15) is 14.4 Å². The summed E-state index contributed by atoms with van der Waals surface area (Å²) in [5.74, 6) is -0.861. The van der Waals surface area contributed by atoms with E-state index in [2.05, 4.69) is 45.1 Å². The molecule has 0 aromatic heterocycles. The SMILES string of the molecule is CCC/C=C\CCCCCCCC(=O)OCC(COC(=O)CCCCCCCCCCCCCCCCCCCCCCCCC)OC(=O)CCCCCCCCCCC/C=C\CCCCCCCC. The summed E-state index contributed by atoms with van der Waals surface area (Å²) in [6.45, 7) is 6.63. The van der Waals surface area contributed by atoms with Gasteiger partial charge < -0.3 is 14.2 Å². The van der Waals surface area contributed by atoms with Crippen LogP contribution in [0.25, 0.3) is 0 Å². The summed E-state index contributed by atoms with van der Waals surface area (Å²) in [4.78, 5) is 38.2. The molecule has 0 aliphatic heterocycles. The molecule has 70 heavy (non-hydrogen) atoms. The molecule has 412 valence electrons. The smallest absolute Gasteiger partial charge is 0.306 e. The summed E-state index contributed by atoms with van der Waals surface area (Å²) in [6, 6.07) is 0. The van der Waals surface area contributed by atoms with Crippen LogP contribution in [0.2, 0.25) is 0 Å². The third-order valence-electron chi connectivity index (χ3n) is 14.2. The second-order valence-corrected chi connectivity index (χ2v) is 21.3. The standard InChI is InChI=1S/C64H120O6/c1-4-7-10-13-16-19-22-24-26-28-30-31-32-33-35-36-38-40-42-45-48-51-54-57-63(66)69-60-61(59-68-62(65)56-53-50-47-44-21-18-15-12-9-6-3)70-64(67)58-55-52-49-46-43-41-39-37-34-29-27-25-23-20-17-14-11-8-5-2/h12,15,25,27,61H,4-11,13-14,16-24,26,28-60H2,1-3H3/b15-12-,27-25-. The van der Waals surface area contributed by atoms with E-state index in [4.69, 9.17) is 14.2 Å². The Morgan fingerprint density at radius 1 is 0.271 bits per heavy atom. The van der Waals surface area contributed by atoms with E-state index in [1.165, 1.54) is 238 Å². The quantitative estimate of drug-likeness (QED) is 0.0261. The molecule has 0 N–H and O–H groups in total. The predicted octanol–water partition coefficient (Wildman–Crippen LogP) is 21.1. The van der Waals surface area contributed by atoms with Crippen LogP contribution in [-0.4, -0.2) is 37.2 Å². The Hall–Kier alpha value is -2.11. The van der Waals surface area contributed by atoms with E-state index in [0.717, 1.165) is 70.6 Å². The fourth-order valence-corrected chi connectivity index (χ4v) is 9.44. The van der Waals surface area contributed by atoms with Gasteiger partial charge in [0.2, 0.25) is 0 Å². The van der Waals surface area contributed by atoms with Crippen LogP contribution in [0.1, 0.15) is 348 Å². The maximum Gasteiger partial charge on any atom is 0.306 e. The van der Waals surface area contributed by atoms with Crippen molar-refractivity contribution in [2.75, 3.05) is 13.2 Å². The number of rotatable bonds is 58. The Labute approximate surface area is 436 Å². The van der Waals surface area contributed by atoms with E-state index in [0.29, 0.717) is 19.3 Å². The summed E-state index contributed by atoms with van der Waals surface area (Å²) in [5.41, 5.74) is 0. The molecule has 0 aliphatic carbocycles. The largest absolute Gasteiger partial charge is 0.462 e. The van der Waals surface area contributed by atoms with Crippen LogP contribution in [0.5, 0.6) is 0 Å². The van der Waals surface area contributed by atoms with Gasteiger partial charge in [-0.1, -0.05) is 289 Å². The zero-order chi connectivity index (χ0) is 50.7. The molecule has 0 spiro atoms. The molecule has 0 heterocycles. The van der Waals surface area contributed by atoms with E-state index in [-0.39, 0.29) is 31.1 Å². The number of carbonyl (C=O) groups excluding carboxylic acids is 3. The third-order valence-corrected chi connectivity index (χ3v) is 14.2. The molecule has 1 atom stereocenters. The molecule has 0 aliphatic rings. The number of ether oxygens (including phenoxy) is 3. The number of unbranched alkanes of at least 4 members (excludes halogenated alkanes) is 43. The first kappa shape index (κ1) is 67.9. The van der Waals surface area contributed by atoms with Crippen molar-refractivity contribution >= 4 is 17.9 Å². The lowest BCUT2D eigenvalue weighted by Crippen LogP contribution is -2.30. The third kappa shape index (κ3) is 56.8. The van der Waals surface area contributed by atoms with Crippen molar-refractivity contribution in [1.82, 2.24) is 0 Å². The van der Waals surface area contributed by atoms with Gasteiger partial charge in [-0.25, -0.2) is 0 Å². The van der Waals surface area contributed by atoms with Crippen LogP contribution in [0.3, 0.4) is 0 Å². The Kier molecular flexibility index (Phi) is 57.7.